The first-order valence-corrected chi connectivity index (χ1v) is 19.7. The van der Waals surface area contributed by atoms with Crippen molar-refractivity contribution in [1.29, 1.82) is 0 Å². The van der Waals surface area contributed by atoms with Crippen molar-refractivity contribution in [3.63, 3.8) is 0 Å². The third-order valence-corrected chi connectivity index (χ3v) is 11.4. The second-order valence-corrected chi connectivity index (χ2v) is 18.6. The molecule has 0 saturated heterocycles. The van der Waals surface area contributed by atoms with Crippen molar-refractivity contribution in [2.24, 2.45) is 0 Å². The van der Waals surface area contributed by atoms with Crippen molar-refractivity contribution in [3.8, 4) is 22.5 Å². The van der Waals surface area contributed by atoms with Gasteiger partial charge in [0, 0.05) is 45.8 Å². The molecule has 7 aromatic rings. The molecule has 4 aromatic carbocycles. The monoisotopic (exact) mass is 831 g/mol. The van der Waals surface area contributed by atoms with E-state index in [9.17, 15) is 4.39 Å². The number of pyridine rings is 2. The number of halogens is 1. The van der Waals surface area contributed by atoms with Gasteiger partial charge in [0.1, 0.15) is 0 Å². The van der Waals surface area contributed by atoms with Crippen molar-refractivity contribution < 1.29 is 27.2 Å². The standard InChI is InChI=1S/C26H19FNS.C15H18NSi.Ir/c1-16-6-5-7-17(2)21(16)14-18-12-13-28-23(15-18)19-10-11-22(27)25-20-8-3-4-9-24(20)29-26(19)25;1-12-10-14(13-8-6-5-7-9-13)16-11-15(12)17(2,3)4;/h3-9,11-13,15H,14H2,1-2H3;5-8,10-11H,1-4H3;/q2*-1;/i14D2;;. The Bertz CT molecular complexity index is 2240. The SMILES string of the molecule is Cc1cc(-c2[c-]cccc2)ncc1[Si](C)(C)C.[2H]C([2H])(c1ccnc(-c2[c-]cc(F)c3c2sc2ccccc23)c1)c1c(C)cccc1C.[Ir]. The van der Waals surface area contributed by atoms with Gasteiger partial charge in [-0.3, -0.25) is 4.39 Å². The van der Waals surface area contributed by atoms with Gasteiger partial charge in [-0.2, -0.15) is 11.3 Å². The van der Waals surface area contributed by atoms with E-state index in [4.69, 9.17) is 2.74 Å². The largest absolute Gasteiger partial charge is 0.305 e. The number of rotatable bonds is 5. The van der Waals surface area contributed by atoms with Gasteiger partial charge in [0.05, 0.1) is 8.07 Å². The second-order valence-electron chi connectivity index (χ2n) is 12.5. The van der Waals surface area contributed by atoms with Gasteiger partial charge in [-0.1, -0.05) is 73.7 Å². The van der Waals surface area contributed by atoms with Crippen molar-refractivity contribution in [1.82, 2.24) is 9.97 Å². The molecule has 0 N–H and O–H groups in total. The average molecular weight is 831 g/mol. The molecule has 0 aliphatic heterocycles. The Morgan fingerprint density at radius 1 is 0.830 bits per heavy atom. The van der Waals surface area contributed by atoms with Crippen LogP contribution in [0.4, 0.5) is 4.39 Å². The topological polar surface area (TPSA) is 25.8 Å². The van der Waals surface area contributed by atoms with E-state index in [0.29, 0.717) is 27.8 Å². The minimum absolute atomic E-state index is 0. The van der Waals surface area contributed by atoms with Gasteiger partial charge in [-0.25, -0.2) is 0 Å². The second kappa shape index (κ2) is 14.5. The first kappa shape index (κ1) is 31.8. The summed E-state index contributed by atoms with van der Waals surface area (Å²) >= 11 is 1.51. The Kier molecular flexibility index (Phi) is 9.83. The minimum Gasteiger partial charge on any atom is -0.305 e. The summed E-state index contributed by atoms with van der Waals surface area (Å²) in [5, 5.41) is 2.88. The van der Waals surface area contributed by atoms with Gasteiger partial charge in [0.2, 0.25) is 0 Å². The number of hydrogen-bond acceptors (Lipinski definition) is 3. The molecule has 7 rings (SSSR count). The minimum atomic E-state index is -1.69. The molecular weight excluding hydrogens is 792 g/mol. The molecule has 0 aliphatic rings. The van der Waals surface area contributed by atoms with Crippen LogP contribution in [-0.2, 0) is 26.5 Å². The maximum absolute atomic E-state index is 14.7. The maximum atomic E-state index is 14.7. The fourth-order valence-electron chi connectivity index (χ4n) is 5.76. The zero-order chi connectivity index (χ0) is 34.2. The van der Waals surface area contributed by atoms with Gasteiger partial charge in [0.15, 0.2) is 0 Å². The molecule has 239 valence electrons. The van der Waals surface area contributed by atoms with E-state index in [1.807, 2.05) is 74.5 Å². The van der Waals surface area contributed by atoms with E-state index < -0.39 is 14.4 Å². The van der Waals surface area contributed by atoms with Crippen molar-refractivity contribution in [2.45, 2.75) is 46.8 Å². The third kappa shape index (κ3) is 7.52. The number of nitrogens with zero attached hydrogens (tertiary/aromatic N) is 2. The van der Waals surface area contributed by atoms with Crippen LogP contribution in [0.1, 0.15) is 30.6 Å². The van der Waals surface area contributed by atoms with E-state index in [1.54, 1.807) is 18.3 Å². The molecule has 0 bridgehead atoms. The summed E-state index contributed by atoms with van der Waals surface area (Å²) in [4.78, 5) is 9.08. The summed E-state index contributed by atoms with van der Waals surface area (Å²) < 4.78 is 34.3. The normalized spacial score (nSPS) is 12.1. The molecule has 0 aliphatic carbocycles. The van der Waals surface area contributed by atoms with Gasteiger partial charge >= 0.3 is 0 Å². The molecule has 0 unspecified atom stereocenters. The molecule has 2 nitrogen and oxygen atoms in total. The summed E-state index contributed by atoms with van der Waals surface area (Å²) in [5.74, 6) is -0.307. The molecule has 3 heterocycles. The Morgan fingerprint density at radius 2 is 1.57 bits per heavy atom. The summed E-state index contributed by atoms with van der Waals surface area (Å²) in [6.45, 7) is 13.1. The number of aromatic nitrogens is 2. The van der Waals surface area contributed by atoms with E-state index in [2.05, 4.69) is 67.0 Å². The molecule has 0 saturated carbocycles. The van der Waals surface area contributed by atoms with Crippen LogP contribution in [-0.4, -0.2) is 18.0 Å². The van der Waals surface area contributed by atoms with E-state index in [1.165, 1.54) is 28.2 Å². The number of hydrogen-bond donors (Lipinski definition) is 0. The predicted octanol–water partition coefficient (Wildman–Crippen LogP) is 10.7. The zero-order valence-corrected chi connectivity index (χ0v) is 31.5. The predicted molar refractivity (Wildman–Crippen MR) is 196 cm³/mol. The van der Waals surface area contributed by atoms with Crippen LogP contribution >= 0.6 is 11.3 Å². The van der Waals surface area contributed by atoms with Crippen LogP contribution < -0.4 is 5.19 Å². The number of benzene rings is 4. The maximum Gasteiger partial charge on any atom is 0.0798 e. The van der Waals surface area contributed by atoms with Crippen LogP contribution in [0.15, 0.2) is 103 Å². The van der Waals surface area contributed by atoms with Gasteiger partial charge in [-0.15, -0.1) is 53.6 Å². The number of thiophene rings is 1. The third-order valence-electron chi connectivity index (χ3n) is 8.07. The van der Waals surface area contributed by atoms with E-state index in [-0.39, 0.29) is 25.9 Å². The molecule has 0 spiro atoms. The molecule has 6 heteroatoms. The summed E-state index contributed by atoms with van der Waals surface area (Å²) in [7, 11) is -1.27. The summed E-state index contributed by atoms with van der Waals surface area (Å²) in [5.41, 5.74) is 7.71. The quantitative estimate of drug-likeness (QED) is 0.128. The Balaban J connectivity index is 0.000000221. The fraction of sp³-hybridized carbons (Fsp3) is 0.171. The molecular formula is C41H37FIrN2SSi-2. The summed E-state index contributed by atoms with van der Waals surface area (Å²) in [6.07, 6.45) is 1.98. The van der Waals surface area contributed by atoms with Crippen LogP contribution in [0, 0.1) is 38.7 Å². The molecule has 0 fully saturated rings. The van der Waals surface area contributed by atoms with Gasteiger partial charge in [-0.05, 0) is 93.6 Å². The molecule has 0 atom stereocenters. The Labute approximate surface area is 298 Å². The molecule has 3 aromatic heterocycles. The Hall–Kier alpha value is -3.80. The van der Waals surface area contributed by atoms with E-state index >= 15 is 0 Å². The van der Waals surface area contributed by atoms with Gasteiger partial charge in [0.25, 0.3) is 0 Å². The molecule has 1 radical (unpaired) electrons. The zero-order valence-electron chi connectivity index (χ0n) is 29.3. The number of aryl methyl sites for hydroxylation is 3. The van der Waals surface area contributed by atoms with Gasteiger partial charge < -0.3 is 9.97 Å². The first-order chi connectivity index (χ1) is 22.9. The first-order valence-electron chi connectivity index (χ1n) is 16.4. The smallest absolute Gasteiger partial charge is 0.0798 e. The fourth-order valence-corrected chi connectivity index (χ4v) is 8.69. The molecule has 0 amide bonds. The average Bonchev–Trinajstić information content (AvgIpc) is 3.45. The summed E-state index contributed by atoms with van der Waals surface area (Å²) in [6, 6.07) is 34.8. The van der Waals surface area contributed by atoms with E-state index in [0.717, 1.165) is 37.2 Å². The van der Waals surface area contributed by atoms with Crippen LogP contribution in [0.2, 0.25) is 19.6 Å². The van der Waals surface area contributed by atoms with Crippen LogP contribution in [0.3, 0.4) is 0 Å². The van der Waals surface area contributed by atoms with Crippen molar-refractivity contribution >= 4 is 44.8 Å². The molecule has 47 heavy (non-hydrogen) atoms. The van der Waals surface area contributed by atoms with Crippen molar-refractivity contribution in [2.75, 3.05) is 0 Å². The Morgan fingerprint density at radius 3 is 2.28 bits per heavy atom. The van der Waals surface area contributed by atoms with Crippen LogP contribution in [0.25, 0.3) is 42.7 Å². The van der Waals surface area contributed by atoms with Crippen LogP contribution in [0.5, 0.6) is 0 Å². The van der Waals surface area contributed by atoms with Crippen molar-refractivity contribution in [3.05, 3.63) is 149 Å². The number of fused-ring (bicyclic) bond motifs is 3.